The average molecular weight is 293 g/mol. The molecule has 2 rings (SSSR count). The van der Waals surface area contributed by atoms with Crippen LogP contribution in [0.4, 0.5) is 23.1 Å². The lowest BCUT2D eigenvalue weighted by Gasteiger charge is -2.29. The number of hydrogen-bond acceptors (Lipinski definition) is 2. The lowest BCUT2D eigenvalue weighted by molar-refractivity contribution is -0.730. The predicted octanol–water partition coefficient (Wildman–Crippen LogP) is 2.07. The number of carbonyl (C=O) groups excluding carboxylic acids is 1. The highest BCUT2D eigenvalue weighted by molar-refractivity contribution is 6.50. The highest BCUT2D eigenvalue weighted by Crippen LogP contribution is 2.16. The topological polar surface area (TPSA) is 36.2 Å². The van der Waals surface area contributed by atoms with Crippen LogP contribution in [0.3, 0.4) is 0 Å². The molecule has 1 N–H and O–H groups in total. The Hall–Kier alpha value is -1.80. The van der Waals surface area contributed by atoms with Crippen molar-refractivity contribution in [3.63, 3.8) is 0 Å². The van der Waals surface area contributed by atoms with Crippen LogP contribution in [0.1, 0.15) is 19.5 Å². The molecule has 0 aromatic carbocycles. The molecule has 0 fully saturated rings. The number of nitrogens with zero attached hydrogens (tertiary/aromatic N) is 2. The molecule has 1 atom stereocenters. The first-order valence-electron chi connectivity index (χ1n) is 6.05. The molecule has 9 heteroatoms. The number of carbonyl (C=O) groups is 1. The van der Waals surface area contributed by atoms with Crippen molar-refractivity contribution >= 4 is 19.0 Å². The first-order valence-corrected chi connectivity index (χ1v) is 6.05. The second kappa shape index (κ2) is 6.58. The molecule has 0 saturated heterocycles. The van der Waals surface area contributed by atoms with Crippen molar-refractivity contribution in [1.82, 2.24) is 4.90 Å². The fourth-order valence-electron chi connectivity index (χ4n) is 1.92. The normalized spacial score (nSPS) is 17.2. The van der Waals surface area contributed by atoms with Gasteiger partial charge in [-0.3, -0.25) is 10.1 Å². The first kappa shape index (κ1) is 16.3. The van der Waals surface area contributed by atoms with E-state index in [1.165, 1.54) is 0 Å². The van der Waals surface area contributed by atoms with Gasteiger partial charge < -0.3 is 22.2 Å². The van der Waals surface area contributed by atoms with Crippen LogP contribution < -0.4 is 9.88 Å². The Morgan fingerprint density at radius 1 is 1.40 bits per heavy atom. The summed E-state index contributed by atoms with van der Waals surface area (Å²) in [6.07, 6.45) is 3.09. The number of pyridine rings is 1. The van der Waals surface area contributed by atoms with Crippen molar-refractivity contribution < 1.29 is 26.6 Å². The molecule has 2 heterocycles. The minimum Gasteiger partial charge on any atom is -0.418 e. The largest absolute Gasteiger partial charge is 0.673 e. The van der Waals surface area contributed by atoms with Gasteiger partial charge in [-0.15, -0.1) is 0 Å². The standard InChI is InChI=1S/C11H15N3O.BF4/c1-9(15)13(2)11-6-7-12-10-5-3-4-8-14(10)11;2-1(3,4)5/h3-5,8,11H,6-7H2,1-2H3;/q;-1/p+1. The molecule has 1 unspecified atom stereocenters. The molecule has 1 aromatic heterocycles. The fourth-order valence-corrected chi connectivity index (χ4v) is 1.92. The molecule has 0 aliphatic carbocycles. The molecule has 0 saturated carbocycles. The average Bonchev–Trinajstić information content (AvgIpc) is 2.35. The van der Waals surface area contributed by atoms with Crippen LogP contribution in [0.5, 0.6) is 0 Å². The quantitative estimate of drug-likeness (QED) is 0.489. The van der Waals surface area contributed by atoms with Gasteiger partial charge >= 0.3 is 7.25 Å². The molecule has 112 valence electrons. The Balaban J connectivity index is 0.000000347. The van der Waals surface area contributed by atoms with Crippen molar-refractivity contribution in [1.29, 1.82) is 0 Å². The molecular weight excluding hydrogens is 277 g/mol. The molecule has 0 spiro atoms. The van der Waals surface area contributed by atoms with Crippen molar-refractivity contribution in [2.24, 2.45) is 0 Å². The lowest BCUT2D eigenvalue weighted by Crippen LogP contribution is -2.54. The number of anilines is 1. The molecule has 1 amide bonds. The molecule has 4 nitrogen and oxygen atoms in total. The number of halogens is 4. The number of fused-ring (bicyclic) bond motifs is 1. The van der Waals surface area contributed by atoms with E-state index in [9.17, 15) is 22.1 Å². The fraction of sp³-hybridized carbons (Fsp3) is 0.455. The Bertz CT molecular complexity index is 463. The first-order chi connectivity index (χ1) is 9.20. The molecular formula is C11H16BF4N3O. The van der Waals surface area contributed by atoms with Crippen LogP contribution in [-0.2, 0) is 4.79 Å². The van der Waals surface area contributed by atoms with E-state index in [-0.39, 0.29) is 12.1 Å². The van der Waals surface area contributed by atoms with E-state index >= 15 is 0 Å². The van der Waals surface area contributed by atoms with Crippen molar-refractivity contribution in [3.05, 3.63) is 24.4 Å². The summed E-state index contributed by atoms with van der Waals surface area (Å²) in [5, 5.41) is 3.31. The molecule has 0 bridgehead atoms. The van der Waals surface area contributed by atoms with Gasteiger partial charge in [0.15, 0.2) is 6.17 Å². The Labute approximate surface area is 114 Å². The van der Waals surface area contributed by atoms with Crippen LogP contribution in [-0.4, -0.2) is 31.7 Å². The third-order valence-electron chi connectivity index (χ3n) is 2.86. The smallest absolute Gasteiger partial charge is 0.418 e. The summed E-state index contributed by atoms with van der Waals surface area (Å²) in [4.78, 5) is 13.1. The zero-order valence-corrected chi connectivity index (χ0v) is 11.2. The summed E-state index contributed by atoms with van der Waals surface area (Å²) < 4.78 is 41.1. The van der Waals surface area contributed by atoms with E-state index in [1.54, 1.807) is 11.8 Å². The summed E-state index contributed by atoms with van der Waals surface area (Å²) in [7, 11) is -4.15. The van der Waals surface area contributed by atoms with Crippen LogP contribution in [0.15, 0.2) is 24.4 Å². The number of rotatable bonds is 1. The minimum atomic E-state index is -6.00. The van der Waals surface area contributed by atoms with Crippen LogP contribution in [0, 0.1) is 0 Å². The van der Waals surface area contributed by atoms with Crippen molar-refractivity contribution in [2.45, 2.75) is 19.5 Å². The van der Waals surface area contributed by atoms with Gasteiger partial charge in [0.2, 0.25) is 5.91 Å². The van der Waals surface area contributed by atoms with E-state index < -0.39 is 7.25 Å². The molecule has 1 aliphatic heterocycles. The SMILES string of the molecule is CC(=O)N(C)C1CCNc2cccc[n+]21.F[B-](F)(F)F. The van der Waals surface area contributed by atoms with Gasteiger partial charge in [-0.1, -0.05) is 6.07 Å². The molecule has 1 aromatic rings. The maximum absolute atomic E-state index is 11.3. The maximum Gasteiger partial charge on any atom is 0.673 e. The van der Waals surface area contributed by atoms with Crippen molar-refractivity contribution in [3.8, 4) is 0 Å². The van der Waals surface area contributed by atoms with Gasteiger partial charge in [-0.2, -0.15) is 0 Å². The van der Waals surface area contributed by atoms with Gasteiger partial charge in [0.25, 0.3) is 5.82 Å². The molecule has 0 radical (unpaired) electrons. The summed E-state index contributed by atoms with van der Waals surface area (Å²) >= 11 is 0. The highest BCUT2D eigenvalue weighted by atomic mass is 19.5. The van der Waals surface area contributed by atoms with E-state index in [1.807, 2.05) is 31.4 Å². The monoisotopic (exact) mass is 293 g/mol. The van der Waals surface area contributed by atoms with E-state index in [0.717, 1.165) is 18.8 Å². The van der Waals surface area contributed by atoms with Crippen molar-refractivity contribution in [2.75, 3.05) is 18.9 Å². The van der Waals surface area contributed by atoms with Crippen LogP contribution in [0.25, 0.3) is 0 Å². The number of hydrogen-bond donors (Lipinski definition) is 1. The molecule has 1 aliphatic rings. The third-order valence-corrected chi connectivity index (χ3v) is 2.86. The third kappa shape index (κ3) is 5.06. The second-order valence-corrected chi connectivity index (χ2v) is 4.31. The lowest BCUT2D eigenvalue weighted by atomic mass is 10.2. The Morgan fingerprint density at radius 3 is 2.55 bits per heavy atom. The highest BCUT2D eigenvalue weighted by Gasteiger charge is 2.29. The van der Waals surface area contributed by atoms with E-state index in [4.69, 9.17) is 0 Å². The summed E-state index contributed by atoms with van der Waals surface area (Å²) in [6.45, 7) is 2.51. The Morgan fingerprint density at radius 2 is 2.00 bits per heavy atom. The van der Waals surface area contributed by atoms with E-state index in [2.05, 4.69) is 9.88 Å². The van der Waals surface area contributed by atoms with Crippen LogP contribution >= 0.6 is 0 Å². The Kier molecular flexibility index (Phi) is 5.35. The zero-order valence-electron chi connectivity index (χ0n) is 11.2. The summed E-state index contributed by atoms with van der Waals surface area (Å²) in [5.41, 5.74) is 0. The number of nitrogens with one attached hydrogen (secondary N) is 1. The van der Waals surface area contributed by atoms with Gasteiger partial charge in [0.1, 0.15) is 0 Å². The van der Waals surface area contributed by atoms with Gasteiger partial charge in [-0.25, -0.2) is 4.57 Å². The minimum absolute atomic E-state index is 0.101. The van der Waals surface area contributed by atoms with Gasteiger partial charge in [0.05, 0.1) is 12.7 Å². The summed E-state index contributed by atoms with van der Waals surface area (Å²) in [6, 6.07) is 6.01. The second-order valence-electron chi connectivity index (χ2n) is 4.31. The van der Waals surface area contributed by atoms with Gasteiger partial charge in [-0.05, 0) is 6.07 Å². The zero-order chi connectivity index (χ0) is 15.3. The predicted molar refractivity (Wildman–Crippen MR) is 67.4 cm³/mol. The molecule has 20 heavy (non-hydrogen) atoms. The number of aromatic nitrogens is 1. The number of amides is 1. The summed E-state index contributed by atoms with van der Waals surface area (Å²) in [5.74, 6) is 1.17. The maximum atomic E-state index is 11.3. The van der Waals surface area contributed by atoms with Crippen LogP contribution in [0.2, 0.25) is 0 Å². The van der Waals surface area contributed by atoms with Gasteiger partial charge in [0, 0.05) is 26.5 Å². The van der Waals surface area contributed by atoms with E-state index in [0.29, 0.717) is 0 Å².